The van der Waals surface area contributed by atoms with Crippen LogP contribution in [-0.2, 0) is 17.1 Å². The van der Waals surface area contributed by atoms with Gasteiger partial charge in [-0.05, 0) is 19.1 Å². The number of aromatic nitrogens is 3. The maximum Gasteiger partial charge on any atom is 0.282 e. The summed E-state index contributed by atoms with van der Waals surface area (Å²) in [5.74, 6) is 0.359. The largest absolute Gasteiger partial charge is 0.396 e. The van der Waals surface area contributed by atoms with Gasteiger partial charge >= 0.3 is 0 Å². The fourth-order valence-electron chi connectivity index (χ4n) is 1.52. The molecular weight excluding hydrogens is 254 g/mol. The maximum atomic E-state index is 12.1. The van der Waals surface area contributed by atoms with E-state index in [4.69, 9.17) is 5.73 Å². The topological polar surface area (TPSA) is 103 Å². The summed E-state index contributed by atoms with van der Waals surface area (Å²) in [7, 11) is -2.15. The van der Waals surface area contributed by atoms with Crippen LogP contribution in [-0.4, -0.2) is 23.2 Å². The van der Waals surface area contributed by atoms with Crippen molar-refractivity contribution < 1.29 is 8.42 Å². The molecule has 2 heterocycles. The van der Waals surface area contributed by atoms with E-state index in [-0.39, 0.29) is 10.7 Å². The minimum absolute atomic E-state index is 0.101. The molecule has 8 heteroatoms. The fourth-order valence-corrected chi connectivity index (χ4v) is 2.66. The van der Waals surface area contributed by atoms with Gasteiger partial charge in [0.2, 0.25) is 0 Å². The molecule has 18 heavy (non-hydrogen) atoms. The lowest BCUT2D eigenvalue weighted by atomic mass is 10.4. The molecule has 3 N–H and O–H groups in total. The van der Waals surface area contributed by atoms with Crippen LogP contribution in [0.25, 0.3) is 0 Å². The first-order valence-electron chi connectivity index (χ1n) is 5.14. The second-order valence-corrected chi connectivity index (χ2v) is 5.40. The van der Waals surface area contributed by atoms with Crippen LogP contribution in [0.5, 0.6) is 0 Å². The number of aryl methyl sites for hydroxylation is 2. The second kappa shape index (κ2) is 4.30. The van der Waals surface area contributed by atoms with Crippen molar-refractivity contribution in [2.24, 2.45) is 7.05 Å². The van der Waals surface area contributed by atoms with Crippen molar-refractivity contribution in [2.75, 3.05) is 10.5 Å². The first-order valence-corrected chi connectivity index (χ1v) is 6.62. The smallest absolute Gasteiger partial charge is 0.282 e. The molecular formula is C10H13N5O2S. The van der Waals surface area contributed by atoms with Gasteiger partial charge in [-0.1, -0.05) is 0 Å². The molecule has 0 unspecified atom stereocenters. The van der Waals surface area contributed by atoms with Gasteiger partial charge in [-0.25, -0.2) is 4.98 Å². The predicted molar refractivity (Wildman–Crippen MR) is 67.4 cm³/mol. The first-order chi connectivity index (χ1) is 8.40. The predicted octanol–water partition coefficient (Wildman–Crippen LogP) is 0.507. The third-order valence-corrected chi connectivity index (χ3v) is 3.62. The Kier molecular flexibility index (Phi) is 2.95. The molecule has 0 aliphatic carbocycles. The van der Waals surface area contributed by atoms with Crippen molar-refractivity contribution in [3.63, 3.8) is 0 Å². The van der Waals surface area contributed by atoms with Gasteiger partial charge in [-0.3, -0.25) is 9.40 Å². The summed E-state index contributed by atoms with van der Waals surface area (Å²) >= 11 is 0. The Labute approximate surface area is 105 Å². The maximum absolute atomic E-state index is 12.1. The standard InChI is InChI=1S/C10H13N5O2S/c1-7-6-9(15(2)13-7)14-18(16,17)10-8(11)4-3-5-12-10/h3-6,14H,11H2,1-2H3. The van der Waals surface area contributed by atoms with Crippen molar-refractivity contribution in [2.45, 2.75) is 11.9 Å². The number of nitrogens with one attached hydrogen (secondary N) is 1. The summed E-state index contributed by atoms with van der Waals surface area (Å²) in [6.07, 6.45) is 1.37. The Morgan fingerprint density at radius 3 is 2.72 bits per heavy atom. The first kappa shape index (κ1) is 12.4. The third kappa shape index (κ3) is 2.28. The molecule has 0 spiro atoms. The van der Waals surface area contributed by atoms with Crippen LogP contribution < -0.4 is 10.5 Å². The van der Waals surface area contributed by atoms with Gasteiger partial charge in [0.15, 0.2) is 5.03 Å². The summed E-state index contributed by atoms with van der Waals surface area (Å²) in [6, 6.07) is 4.68. The average molecular weight is 267 g/mol. The van der Waals surface area contributed by atoms with E-state index in [1.807, 2.05) is 0 Å². The van der Waals surface area contributed by atoms with E-state index in [9.17, 15) is 8.42 Å². The van der Waals surface area contributed by atoms with Gasteiger partial charge in [0.1, 0.15) is 5.82 Å². The Hall–Kier alpha value is -2.09. The van der Waals surface area contributed by atoms with Gasteiger partial charge in [-0.15, -0.1) is 0 Å². The number of nitrogens with zero attached hydrogens (tertiary/aromatic N) is 3. The van der Waals surface area contributed by atoms with E-state index in [2.05, 4.69) is 14.8 Å². The SMILES string of the molecule is Cc1cc(NS(=O)(=O)c2ncccc2N)n(C)n1. The van der Waals surface area contributed by atoms with E-state index in [0.29, 0.717) is 11.5 Å². The number of rotatable bonds is 3. The molecule has 0 aromatic carbocycles. The number of sulfonamides is 1. The Morgan fingerprint density at radius 2 is 2.17 bits per heavy atom. The van der Waals surface area contributed by atoms with E-state index in [1.165, 1.54) is 16.9 Å². The highest BCUT2D eigenvalue weighted by molar-refractivity contribution is 7.92. The number of nitrogens with two attached hydrogens (primary N) is 1. The lowest BCUT2D eigenvalue weighted by Gasteiger charge is -2.08. The number of anilines is 2. The van der Waals surface area contributed by atoms with E-state index >= 15 is 0 Å². The minimum atomic E-state index is -3.80. The monoisotopic (exact) mass is 267 g/mol. The average Bonchev–Trinajstić information content (AvgIpc) is 2.57. The van der Waals surface area contributed by atoms with Crippen molar-refractivity contribution in [1.29, 1.82) is 0 Å². The molecule has 2 aromatic heterocycles. The zero-order chi connectivity index (χ0) is 13.3. The molecule has 0 saturated carbocycles. The summed E-state index contributed by atoms with van der Waals surface area (Å²) in [5, 5.41) is 3.86. The van der Waals surface area contributed by atoms with Gasteiger partial charge < -0.3 is 5.73 Å². The van der Waals surface area contributed by atoms with E-state index in [0.717, 1.165) is 0 Å². The number of hydrogen-bond donors (Lipinski definition) is 2. The van der Waals surface area contributed by atoms with Gasteiger partial charge in [-0.2, -0.15) is 13.5 Å². The summed E-state index contributed by atoms with van der Waals surface area (Å²) in [5.41, 5.74) is 6.41. The molecule has 96 valence electrons. The molecule has 0 radical (unpaired) electrons. The summed E-state index contributed by atoms with van der Waals surface area (Å²) in [4.78, 5) is 3.78. The van der Waals surface area contributed by atoms with Crippen LogP contribution in [0.1, 0.15) is 5.69 Å². The number of hydrogen-bond acceptors (Lipinski definition) is 5. The van der Waals surface area contributed by atoms with Crippen LogP contribution in [0.4, 0.5) is 11.5 Å². The van der Waals surface area contributed by atoms with Gasteiger partial charge in [0, 0.05) is 19.3 Å². The van der Waals surface area contributed by atoms with E-state index < -0.39 is 10.0 Å². The molecule has 0 atom stereocenters. The molecule has 0 fully saturated rings. The molecule has 0 aliphatic rings. The second-order valence-electron chi connectivity index (χ2n) is 3.80. The molecule has 2 aromatic rings. The van der Waals surface area contributed by atoms with Crippen molar-refractivity contribution in [3.05, 3.63) is 30.1 Å². The lowest BCUT2D eigenvalue weighted by Crippen LogP contribution is -2.18. The normalized spacial score (nSPS) is 11.4. The lowest BCUT2D eigenvalue weighted by molar-refractivity contribution is 0.597. The summed E-state index contributed by atoms with van der Waals surface area (Å²) in [6.45, 7) is 1.77. The van der Waals surface area contributed by atoms with Gasteiger partial charge in [0.05, 0.1) is 11.4 Å². The number of pyridine rings is 1. The summed E-state index contributed by atoms with van der Waals surface area (Å²) < 4.78 is 28.0. The van der Waals surface area contributed by atoms with E-state index in [1.54, 1.807) is 26.1 Å². The highest BCUT2D eigenvalue weighted by Gasteiger charge is 2.20. The third-order valence-electron chi connectivity index (χ3n) is 2.30. The van der Waals surface area contributed by atoms with Crippen molar-refractivity contribution in [3.8, 4) is 0 Å². The Balaban J connectivity index is 2.39. The molecule has 0 amide bonds. The quantitative estimate of drug-likeness (QED) is 0.843. The minimum Gasteiger partial charge on any atom is -0.396 e. The molecule has 0 aliphatic heterocycles. The Morgan fingerprint density at radius 1 is 1.44 bits per heavy atom. The van der Waals surface area contributed by atoms with Gasteiger partial charge in [0.25, 0.3) is 10.0 Å². The van der Waals surface area contributed by atoms with Crippen LogP contribution in [0, 0.1) is 6.92 Å². The molecule has 0 saturated heterocycles. The van der Waals surface area contributed by atoms with Crippen LogP contribution >= 0.6 is 0 Å². The molecule has 2 rings (SSSR count). The highest BCUT2D eigenvalue weighted by Crippen LogP contribution is 2.18. The molecule has 7 nitrogen and oxygen atoms in total. The van der Waals surface area contributed by atoms with Crippen LogP contribution in [0.15, 0.2) is 29.4 Å². The Bertz CT molecular complexity index is 677. The number of nitrogen functional groups attached to an aromatic ring is 1. The van der Waals surface area contributed by atoms with Crippen molar-refractivity contribution >= 4 is 21.5 Å². The van der Waals surface area contributed by atoms with Crippen LogP contribution in [0.2, 0.25) is 0 Å². The zero-order valence-corrected chi connectivity index (χ0v) is 10.8. The zero-order valence-electron chi connectivity index (χ0n) is 9.95. The van der Waals surface area contributed by atoms with Crippen molar-refractivity contribution in [1.82, 2.24) is 14.8 Å². The highest BCUT2D eigenvalue weighted by atomic mass is 32.2. The van der Waals surface area contributed by atoms with Crippen LogP contribution in [0.3, 0.4) is 0 Å². The fraction of sp³-hybridized carbons (Fsp3) is 0.200. The molecule has 0 bridgehead atoms.